The summed E-state index contributed by atoms with van der Waals surface area (Å²) in [5, 5.41) is 61.7. The van der Waals surface area contributed by atoms with Crippen molar-refractivity contribution in [2.24, 2.45) is 0 Å². The van der Waals surface area contributed by atoms with E-state index in [1.165, 1.54) is 69.8 Å². The summed E-state index contributed by atoms with van der Waals surface area (Å²) in [7, 11) is 0. The Labute approximate surface area is 234 Å². The molecule has 1 aliphatic heterocycles. The Morgan fingerprint density at radius 1 is 0.476 bits per heavy atom. The molecule has 12 heteroatoms. The van der Waals surface area contributed by atoms with Gasteiger partial charge in [-0.2, -0.15) is 0 Å². The number of ether oxygens (including phenoxy) is 2. The Morgan fingerprint density at radius 3 is 1.19 bits per heavy atom. The second-order valence-corrected chi connectivity index (χ2v) is 9.56. The van der Waals surface area contributed by atoms with Crippen LogP contribution in [0.25, 0.3) is 33.2 Å². The predicted octanol–water partition coefficient (Wildman–Crippen LogP) is 4.56. The van der Waals surface area contributed by atoms with Crippen molar-refractivity contribution in [1.82, 2.24) is 9.13 Å². The first kappa shape index (κ1) is 24.7. The third kappa shape index (κ3) is 3.48. The second kappa shape index (κ2) is 8.60. The number of benzene rings is 4. The number of carbonyl (C=O) groups excluding carboxylic acids is 2. The summed E-state index contributed by atoms with van der Waals surface area (Å²) >= 11 is 0. The van der Waals surface area contributed by atoms with Crippen LogP contribution in [0, 0.1) is 0 Å². The quantitative estimate of drug-likeness (QED) is 0.162. The van der Waals surface area contributed by atoms with Gasteiger partial charge in [0, 0.05) is 35.6 Å². The van der Waals surface area contributed by atoms with E-state index in [0.29, 0.717) is 11.4 Å². The number of fused-ring (bicyclic) bond motifs is 6. The standard InChI is InChI=1S/C30H18N2O10/c33-15-5-1-13(2-6-15)31-19-9-17(35)11-21(37)23(19)25-27(31)41-30(40)26-24-20(10-18(36)12-22(24)38)32(28(26)42-29(25)39)14-3-7-16(34)8-4-14/h1-12,33-38H. The van der Waals surface area contributed by atoms with Gasteiger partial charge in [0.1, 0.15) is 45.6 Å². The van der Waals surface area contributed by atoms with E-state index in [-0.39, 0.29) is 67.7 Å². The van der Waals surface area contributed by atoms with Gasteiger partial charge in [0.25, 0.3) is 0 Å². The highest BCUT2D eigenvalue weighted by molar-refractivity contribution is 6.17. The lowest BCUT2D eigenvalue weighted by molar-refractivity contribution is 0.0658. The molecule has 0 unspecified atom stereocenters. The molecule has 6 N–H and O–H groups in total. The number of rotatable bonds is 2. The maximum atomic E-state index is 13.9. The number of carbonyl (C=O) groups is 2. The largest absolute Gasteiger partial charge is 0.508 e. The average Bonchev–Trinajstić information content (AvgIpc) is 3.41. The van der Waals surface area contributed by atoms with Gasteiger partial charge in [-0.1, -0.05) is 0 Å². The van der Waals surface area contributed by atoms with Crippen LogP contribution in [-0.2, 0) is 0 Å². The highest BCUT2D eigenvalue weighted by Gasteiger charge is 2.38. The third-order valence-electron chi connectivity index (χ3n) is 6.98. The molecule has 0 aliphatic carbocycles. The molecule has 42 heavy (non-hydrogen) atoms. The van der Waals surface area contributed by atoms with E-state index in [9.17, 15) is 40.2 Å². The molecule has 0 radical (unpaired) electrons. The molecule has 4 aromatic carbocycles. The summed E-state index contributed by atoms with van der Waals surface area (Å²) in [6, 6.07) is 15.8. The second-order valence-electron chi connectivity index (χ2n) is 9.56. The molecule has 0 fully saturated rings. The Balaban J connectivity index is 1.56. The fraction of sp³-hybridized carbons (Fsp3) is 0. The van der Waals surface area contributed by atoms with Gasteiger partial charge < -0.3 is 40.1 Å². The molecule has 2 aromatic heterocycles. The summed E-state index contributed by atoms with van der Waals surface area (Å²) in [6.07, 6.45) is 0. The van der Waals surface area contributed by atoms with Crippen LogP contribution in [0.2, 0.25) is 0 Å². The zero-order chi connectivity index (χ0) is 29.4. The molecule has 0 bridgehead atoms. The highest BCUT2D eigenvalue weighted by Crippen LogP contribution is 2.47. The smallest absolute Gasteiger partial charge is 0.351 e. The maximum Gasteiger partial charge on any atom is 0.351 e. The van der Waals surface area contributed by atoms with Crippen molar-refractivity contribution < 1.29 is 49.7 Å². The van der Waals surface area contributed by atoms with Crippen molar-refractivity contribution in [2.45, 2.75) is 0 Å². The first-order valence-electron chi connectivity index (χ1n) is 12.4. The van der Waals surface area contributed by atoms with Crippen molar-refractivity contribution in [3.63, 3.8) is 0 Å². The molecule has 0 saturated heterocycles. The third-order valence-corrected chi connectivity index (χ3v) is 6.98. The maximum absolute atomic E-state index is 13.9. The van der Waals surface area contributed by atoms with Gasteiger partial charge in [0.05, 0.1) is 21.8 Å². The van der Waals surface area contributed by atoms with E-state index < -0.39 is 23.4 Å². The number of nitrogens with zero attached hydrogens (tertiary/aromatic N) is 2. The number of aromatic nitrogens is 2. The van der Waals surface area contributed by atoms with Crippen molar-refractivity contribution in [1.29, 1.82) is 0 Å². The van der Waals surface area contributed by atoms with Crippen LogP contribution in [0.1, 0.15) is 20.7 Å². The Bertz CT molecular complexity index is 1970. The normalized spacial score (nSPS) is 12.9. The van der Waals surface area contributed by atoms with Gasteiger partial charge in [-0.3, -0.25) is 9.13 Å². The molecule has 0 amide bonds. The van der Waals surface area contributed by atoms with E-state index >= 15 is 0 Å². The molecule has 0 saturated carbocycles. The van der Waals surface area contributed by atoms with Crippen LogP contribution in [0.4, 0.5) is 0 Å². The van der Waals surface area contributed by atoms with Crippen LogP contribution >= 0.6 is 0 Å². The van der Waals surface area contributed by atoms with E-state index in [1.807, 2.05) is 0 Å². The minimum Gasteiger partial charge on any atom is -0.508 e. The number of hydrogen-bond acceptors (Lipinski definition) is 10. The SMILES string of the molecule is O=C1Oc2c(c3c(O)cc(O)cc3n2-c2ccc(O)cc2)C(=O)Oc2c1c1c(O)cc(O)cc1n2-c1ccc(O)cc1. The molecule has 6 aromatic rings. The van der Waals surface area contributed by atoms with Crippen LogP contribution in [-0.4, -0.2) is 51.7 Å². The van der Waals surface area contributed by atoms with Gasteiger partial charge in [0.15, 0.2) is 0 Å². The number of esters is 2. The lowest BCUT2D eigenvalue weighted by atomic mass is 10.1. The number of phenolic OH excluding ortho intramolecular Hbond substituents is 6. The molecular formula is C30H18N2O10. The topological polar surface area (TPSA) is 184 Å². The van der Waals surface area contributed by atoms with Crippen molar-refractivity contribution >= 4 is 33.7 Å². The fourth-order valence-electron chi connectivity index (χ4n) is 5.28. The van der Waals surface area contributed by atoms with Gasteiger partial charge in [-0.05, 0) is 48.5 Å². The van der Waals surface area contributed by atoms with Crippen molar-refractivity contribution in [3.05, 3.63) is 83.9 Å². The van der Waals surface area contributed by atoms with Crippen molar-refractivity contribution in [3.8, 4) is 57.6 Å². The highest BCUT2D eigenvalue weighted by atomic mass is 16.6. The summed E-state index contributed by atoms with van der Waals surface area (Å²) in [4.78, 5) is 27.9. The van der Waals surface area contributed by atoms with Gasteiger partial charge in [-0.25, -0.2) is 9.59 Å². The summed E-state index contributed by atoms with van der Waals surface area (Å²) < 4.78 is 14.2. The monoisotopic (exact) mass is 566 g/mol. The zero-order valence-electron chi connectivity index (χ0n) is 21.1. The molecule has 3 heterocycles. The molecule has 0 atom stereocenters. The Kier molecular flexibility index (Phi) is 5.06. The zero-order valence-corrected chi connectivity index (χ0v) is 21.1. The van der Waals surface area contributed by atoms with Gasteiger partial charge in [-0.15, -0.1) is 0 Å². The summed E-state index contributed by atoms with van der Waals surface area (Å²) in [6.45, 7) is 0. The molecule has 208 valence electrons. The minimum atomic E-state index is -1.06. The number of phenols is 6. The fourth-order valence-corrected chi connectivity index (χ4v) is 5.28. The van der Waals surface area contributed by atoms with E-state index in [1.54, 1.807) is 0 Å². The predicted molar refractivity (Wildman–Crippen MR) is 146 cm³/mol. The van der Waals surface area contributed by atoms with Gasteiger partial charge in [0.2, 0.25) is 11.8 Å². The van der Waals surface area contributed by atoms with Crippen LogP contribution in [0.15, 0.2) is 72.8 Å². The molecule has 0 spiro atoms. The van der Waals surface area contributed by atoms with E-state index in [4.69, 9.17) is 9.47 Å². The Morgan fingerprint density at radius 2 is 0.833 bits per heavy atom. The summed E-state index contributed by atoms with van der Waals surface area (Å²) in [5.41, 5.74) is 0.0694. The van der Waals surface area contributed by atoms with Gasteiger partial charge >= 0.3 is 11.9 Å². The van der Waals surface area contributed by atoms with Crippen LogP contribution in [0.3, 0.4) is 0 Å². The first-order chi connectivity index (χ1) is 20.1. The van der Waals surface area contributed by atoms with Crippen LogP contribution in [0.5, 0.6) is 46.3 Å². The number of aromatic hydroxyl groups is 6. The average molecular weight is 566 g/mol. The lowest BCUT2D eigenvalue weighted by Gasteiger charge is -2.17. The lowest BCUT2D eigenvalue weighted by Crippen LogP contribution is -2.21. The minimum absolute atomic E-state index is 0.0642. The van der Waals surface area contributed by atoms with E-state index in [2.05, 4.69) is 0 Å². The van der Waals surface area contributed by atoms with Crippen LogP contribution < -0.4 is 9.47 Å². The molecule has 7 rings (SSSR count). The summed E-state index contributed by atoms with van der Waals surface area (Å²) in [5.74, 6) is -4.67. The van der Waals surface area contributed by atoms with Crippen molar-refractivity contribution in [2.75, 3.05) is 0 Å². The molecule has 1 aliphatic rings. The molecular weight excluding hydrogens is 548 g/mol. The Hall–Kier alpha value is -6.30. The van der Waals surface area contributed by atoms with E-state index in [0.717, 1.165) is 12.1 Å². The number of hydrogen-bond donors (Lipinski definition) is 6. The first-order valence-corrected chi connectivity index (χ1v) is 12.4. The molecule has 12 nitrogen and oxygen atoms in total.